The van der Waals surface area contributed by atoms with Gasteiger partial charge in [0.05, 0.1) is 13.7 Å². The van der Waals surface area contributed by atoms with Crippen LogP contribution in [0.1, 0.15) is 19.8 Å². The molecule has 1 N–H and O–H groups in total. The molecule has 0 aliphatic rings. The van der Waals surface area contributed by atoms with Gasteiger partial charge < -0.3 is 19.7 Å². The molecular weight excluding hydrogens is 268 g/mol. The Morgan fingerprint density at radius 2 is 2.14 bits per heavy atom. The minimum atomic E-state index is -0.313. The van der Waals surface area contributed by atoms with Crippen molar-refractivity contribution in [1.29, 1.82) is 0 Å². The summed E-state index contributed by atoms with van der Waals surface area (Å²) in [5, 5.41) is 3.17. The molecule has 0 amide bonds. The molecule has 1 aromatic carbocycles. The molecule has 1 unspecified atom stereocenters. The lowest BCUT2D eigenvalue weighted by Gasteiger charge is -2.17. The third kappa shape index (κ3) is 6.04. The molecule has 1 rings (SSSR count). The quantitative estimate of drug-likeness (QED) is 0.707. The van der Waals surface area contributed by atoms with Crippen LogP contribution in [0.3, 0.4) is 0 Å². The van der Waals surface area contributed by atoms with Gasteiger partial charge in [0.2, 0.25) is 0 Å². The smallest absolute Gasteiger partial charge is 0.322 e. The van der Waals surface area contributed by atoms with Gasteiger partial charge in [0.1, 0.15) is 11.8 Å². The molecule has 0 heterocycles. The van der Waals surface area contributed by atoms with E-state index in [4.69, 9.17) is 9.47 Å². The molecule has 5 nitrogen and oxygen atoms in total. The highest BCUT2D eigenvalue weighted by Gasteiger charge is 2.17. The summed E-state index contributed by atoms with van der Waals surface area (Å²) in [6, 6.07) is 7.56. The van der Waals surface area contributed by atoms with Gasteiger partial charge in [0.25, 0.3) is 0 Å². The summed E-state index contributed by atoms with van der Waals surface area (Å²) in [5.74, 6) is 0.564. The lowest BCUT2D eigenvalue weighted by molar-refractivity contribution is -0.143. The Morgan fingerprint density at radius 1 is 1.38 bits per heavy atom. The van der Waals surface area contributed by atoms with Crippen LogP contribution in [-0.4, -0.2) is 46.4 Å². The Hall–Kier alpha value is -1.75. The van der Waals surface area contributed by atoms with Crippen molar-refractivity contribution in [2.75, 3.05) is 39.3 Å². The summed E-state index contributed by atoms with van der Waals surface area (Å²) in [5.41, 5.74) is 1.08. The number of ether oxygens (including phenoxy) is 2. The Labute approximate surface area is 127 Å². The van der Waals surface area contributed by atoms with Crippen molar-refractivity contribution in [3.63, 3.8) is 0 Å². The lowest BCUT2D eigenvalue weighted by atomic mass is 10.2. The molecule has 21 heavy (non-hydrogen) atoms. The highest BCUT2D eigenvalue weighted by molar-refractivity contribution is 5.75. The Kier molecular flexibility index (Phi) is 7.61. The van der Waals surface area contributed by atoms with Crippen LogP contribution >= 0.6 is 0 Å². The normalized spacial score (nSPS) is 11.8. The number of benzene rings is 1. The number of carbonyl (C=O) groups excluding carboxylic acids is 1. The van der Waals surface area contributed by atoms with Crippen LogP contribution in [0.4, 0.5) is 5.69 Å². The average Bonchev–Trinajstić information content (AvgIpc) is 2.50. The van der Waals surface area contributed by atoms with E-state index >= 15 is 0 Å². The molecule has 5 heteroatoms. The van der Waals surface area contributed by atoms with E-state index in [9.17, 15) is 4.79 Å². The van der Waals surface area contributed by atoms with Crippen LogP contribution < -0.4 is 15.0 Å². The van der Waals surface area contributed by atoms with Crippen LogP contribution in [-0.2, 0) is 9.53 Å². The number of hydrogen-bond donors (Lipinski definition) is 1. The zero-order valence-electron chi connectivity index (χ0n) is 13.4. The van der Waals surface area contributed by atoms with Gasteiger partial charge in [-0.25, -0.2) is 0 Å². The fourth-order valence-electron chi connectivity index (χ4n) is 1.91. The number of anilines is 1. The van der Waals surface area contributed by atoms with Crippen molar-refractivity contribution < 1.29 is 14.3 Å². The largest absolute Gasteiger partial charge is 0.493 e. The second-order valence-electron chi connectivity index (χ2n) is 5.06. The van der Waals surface area contributed by atoms with Crippen LogP contribution in [0.25, 0.3) is 0 Å². The zero-order valence-corrected chi connectivity index (χ0v) is 13.4. The fraction of sp³-hybridized carbons (Fsp3) is 0.562. The van der Waals surface area contributed by atoms with Crippen molar-refractivity contribution in [3.05, 3.63) is 24.3 Å². The monoisotopic (exact) mass is 294 g/mol. The molecule has 0 saturated carbocycles. The van der Waals surface area contributed by atoms with E-state index in [-0.39, 0.29) is 12.0 Å². The fourth-order valence-corrected chi connectivity index (χ4v) is 1.91. The van der Waals surface area contributed by atoms with Crippen LogP contribution in [0.15, 0.2) is 24.3 Å². The van der Waals surface area contributed by atoms with Crippen molar-refractivity contribution in [3.8, 4) is 5.75 Å². The van der Waals surface area contributed by atoms with Crippen molar-refractivity contribution in [2.24, 2.45) is 0 Å². The molecule has 0 aliphatic heterocycles. The predicted octanol–water partition coefficient (Wildman–Crippen LogP) is 2.06. The van der Waals surface area contributed by atoms with Crippen molar-refractivity contribution >= 4 is 11.7 Å². The number of esters is 1. The molecule has 0 aliphatic carbocycles. The van der Waals surface area contributed by atoms with Crippen LogP contribution in [0.2, 0.25) is 0 Å². The summed E-state index contributed by atoms with van der Waals surface area (Å²) in [6.07, 6.45) is 1.55. The van der Waals surface area contributed by atoms with E-state index in [2.05, 4.69) is 12.2 Å². The average molecular weight is 294 g/mol. The van der Waals surface area contributed by atoms with E-state index in [1.807, 2.05) is 43.3 Å². The molecule has 118 valence electrons. The molecule has 0 bridgehead atoms. The minimum Gasteiger partial charge on any atom is -0.493 e. The van der Waals surface area contributed by atoms with Gasteiger partial charge >= 0.3 is 5.97 Å². The molecule has 0 radical (unpaired) electrons. The van der Waals surface area contributed by atoms with E-state index < -0.39 is 0 Å². The summed E-state index contributed by atoms with van der Waals surface area (Å²) in [7, 11) is 5.38. The first kappa shape index (κ1) is 17.3. The Morgan fingerprint density at radius 3 is 2.76 bits per heavy atom. The van der Waals surface area contributed by atoms with Gasteiger partial charge in [0, 0.05) is 32.3 Å². The number of methoxy groups -OCH3 is 1. The molecule has 0 aromatic heterocycles. The molecular formula is C16H26N2O3. The maximum Gasteiger partial charge on any atom is 0.322 e. The highest BCUT2D eigenvalue weighted by Crippen LogP contribution is 2.19. The summed E-state index contributed by atoms with van der Waals surface area (Å²) in [4.78, 5) is 13.7. The molecule has 0 saturated heterocycles. The van der Waals surface area contributed by atoms with Crippen LogP contribution in [0, 0.1) is 0 Å². The van der Waals surface area contributed by atoms with Crippen molar-refractivity contribution in [2.45, 2.75) is 25.8 Å². The summed E-state index contributed by atoms with van der Waals surface area (Å²) < 4.78 is 10.5. The third-order valence-electron chi connectivity index (χ3n) is 3.14. The van der Waals surface area contributed by atoms with Crippen molar-refractivity contribution in [1.82, 2.24) is 5.32 Å². The number of nitrogens with zero attached hydrogens (tertiary/aromatic N) is 1. The number of hydrogen-bond acceptors (Lipinski definition) is 5. The van der Waals surface area contributed by atoms with Gasteiger partial charge in [-0.2, -0.15) is 0 Å². The molecule has 0 fully saturated rings. The molecule has 1 atom stereocenters. The van der Waals surface area contributed by atoms with Crippen LogP contribution in [0.5, 0.6) is 5.75 Å². The highest BCUT2D eigenvalue weighted by atomic mass is 16.5. The van der Waals surface area contributed by atoms with Gasteiger partial charge in [-0.3, -0.25) is 4.79 Å². The standard InChI is InChI=1S/C16H26N2O3/c1-5-10-17-15(16(19)20-4)9-11-21-14-8-6-7-13(12-14)18(2)3/h6-8,12,15,17H,5,9-11H2,1-4H3. The van der Waals surface area contributed by atoms with Gasteiger partial charge in [0.15, 0.2) is 0 Å². The third-order valence-corrected chi connectivity index (χ3v) is 3.14. The number of carbonyl (C=O) groups is 1. The minimum absolute atomic E-state index is 0.242. The molecule has 0 spiro atoms. The Bertz CT molecular complexity index is 435. The predicted molar refractivity (Wildman–Crippen MR) is 85.0 cm³/mol. The Balaban J connectivity index is 2.49. The molecule has 1 aromatic rings. The SMILES string of the molecule is CCCNC(CCOc1cccc(N(C)C)c1)C(=O)OC. The first-order chi connectivity index (χ1) is 10.1. The van der Waals surface area contributed by atoms with E-state index in [0.29, 0.717) is 13.0 Å². The first-order valence-corrected chi connectivity index (χ1v) is 7.29. The van der Waals surface area contributed by atoms with E-state index in [0.717, 1.165) is 24.4 Å². The maximum absolute atomic E-state index is 11.7. The second kappa shape index (κ2) is 9.23. The first-order valence-electron chi connectivity index (χ1n) is 7.29. The van der Waals surface area contributed by atoms with Gasteiger partial charge in [-0.1, -0.05) is 13.0 Å². The maximum atomic E-state index is 11.7. The number of nitrogens with one attached hydrogen (secondary N) is 1. The van der Waals surface area contributed by atoms with E-state index in [1.165, 1.54) is 7.11 Å². The summed E-state index contributed by atoms with van der Waals surface area (Å²) in [6.45, 7) is 3.31. The van der Waals surface area contributed by atoms with Gasteiger partial charge in [-0.05, 0) is 25.1 Å². The van der Waals surface area contributed by atoms with Gasteiger partial charge in [-0.15, -0.1) is 0 Å². The lowest BCUT2D eigenvalue weighted by Crippen LogP contribution is -2.39. The van der Waals surface area contributed by atoms with E-state index in [1.54, 1.807) is 0 Å². The topological polar surface area (TPSA) is 50.8 Å². The summed E-state index contributed by atoms with van der Waals surface area (Å²) >= 11 is 0. The number of rotatable bonds is 9. The second-order valence-corrected chi connectivity index (χ2v) is 5.06. The zero-order chi connectivity index (χ0) is 15.7.